The maximum Gasteiger partial charge on any atom is 0.230 e. The number of aromatic nitrogens is 1. The number of aromatic amines is 1. The molecule has 1 amide bonds. The topological polar surface area (TPSA) is 44.9 Å². The van der Waals surface area contributed by atoms with E-state index in [1.165, 1.54) is 19.3 Å². The van der Waals surface area contributed by atoms with Gasteiger partial charge in [0.2, 0.25) is 5.91 Å². The summed E-state index contributed by atoms with van der Waals surface area (Å²) in [6, 6.07) is 6.20. The monoisotopic (exact) mass is 316 g/mol. The molecule has 4 heteroatoms. The van der Waals surface area contributed by atoms with Gasteiger partial charge in [0.1, 0.15) is 0 Å². The van der Waals surface area contributed by atoms with Crippen molar-refractivity contribution >= 4 is 28.4 Å². The van der Waals surface area contributed by atoms with Crippen LogP contribution in [0.3, 0.4) is 0 Å². The summed E-state index contributed by atoms with van der Waals surface area (Å²) < 4.78 is 0. The van der Waals surface area contributed by atoms with E-state index < -0.39 is 0 Å². The molecule has 0 unspecified atom stereocenters. The number of nitrogens with one attached hydrogen (secondary N) is 2. The van der Waals surface area contributed by atoms with Crippen LogP contribution in [-0.4, -0.2) is 16.9 Å². The van der Waals surface area contributed by atoms with Crippen molar-refractivity contribution in [2.45, 2.75) is 56.4 Å². The van der Waals surface area contributed by atoms with E-state index in [1.54, 1.807) is 0 Å². The van der Waals surface area contributed by atoms with Gasteiger partial charge in [0.25, 0.3) is 0 Å². The summed E-state index contributed by atoms with van der Waals surface area (Å²) in [7, 11) is 0. The Hall–Kier alpha value is -1.48. The van der Waals surface area contributed by atoms with E-state index in [4.69, 9.17) is 11.6 Å². The Balaban J connectivity index is 1.62. The largest absolute Gasteiger partial charge is 0.361 e. The van der Waals surface area contributed by atoms with Crippen molar-refractivity contribution < 1.29 is 4.79 Å². The van der Waals surface area contributed by atoms with E-state index >= 15 is 0 Å². The number of hydrogen-bond acceptors (Lipinski definition) is 1. The van der Waals surface area contributed by atoms with Gasteiger partial charge in [-0.3, -0.25) is 4.79 Å². The van der Waals surface area contributed by atoms with Crippen LogP contribution in [0.1, 0.15) is 50.5 Å². The second-order valence-electron chi connectivity index (χ2n) is 6.78. The van der Waals surface area contributed by atoms with Crippen LogP contribution in [0.25, 0.3) is 10.9 Å². The lowest BCUT2D eigenvalue weighted by atomic mass is 9.91. The van der Waals surface area contributed by atoms with Crippen LogP contribution in [0.2, 0.25) is 5.02 Å². The van der Waals surface area contributed by atoms with E-state index in [0.29, 0.717) is 6.04 Å². The highest BCUT2D eigenvalue weighted by Crippen LogP contribution is 2.51. The minimum absolute atomic E-state index is 0.209. The van der Waals surface area contributed by atoms with Gasteiger partial charge in [0, 0.05) is 28.2 Å². The fourth-order valence-electron chi connectivity index (χ4n) is 3.80. The van der Waals surface area contributed by atoms with Crippen LogP contribution in [-0.2, 0) is 10.2 Å². The van der Waals surface area contributed by atoms with E-state index in [1.807, 2.05) is 24.4 Å². The minimum atomic E-state index is -0.333. The van der Waals surface area contributed by atoms with Gasteiger partial charge in [-0.2, -0.15) is 0 Å². The molecule has 1 aromatic carbocycles. The molecule has 4 rings (SSSR count). The molecule has 2 saturated carbocycles. The van der Waals surface area contributed by atoms with Crippen molar-refractivity contribution in [2.24, 2.45) is 0 Å². The maximum absolute atomic E-state index is 12.9. The third-order valence-electron chi connectivity index (χ3n) is 5.28. The summed E-state index contributed by atoms with van der Waals surface area (Å²) in [5, 5.41) is 5.11. The van der Waals surface area contributed by atoms with Crippen LogP contribution in [0, 0.1) is 0 Å². The van der Waals surface area contributed by atoms with Crippen LogP contribution in [0.5, 0.6) is 0 Å². The van der Waals surface area contributed by atoms with Crippen molar-refractivity contribution in [3.05, 3.63) is 35.0 Å². The molecule has 1 aromatic heterocycles. The van der Waals surface area contributed by atoms with Gasteiger partial charge < -0.3 is 10.3 Å². The average molecular weight is 317 g/mol. The molecule has 1 heterocycles. The zero-order chi connectivity index (χ0) is 15.2. The highest BCUT2D eigenvalue weighted by Gasteiger charge is 2.52. The van der Waals surface area contributed by atoms with Gasteiger partial charge in [-0.1, -0.05) is 30.9 Å². The summed E-state index contributed by atoms with van der Waals surface area (Å²) in [6.07, 6.45) is 9.90. The van der Waals surface area contributed by atoms with Gasteiger partial charge in [0.15, 0.2) is 0 Å². The lowest BCUT2D eigenvalue weighted by molar-refractivity contribution is -0.124. The molecule has 2 aliphatic rings. The minimum Gasteiger partial charge on any atom is -0.361 e. The van der Waals surface area contributed by atoms with Gasteiger partial charge in [-0.05, 0) is 49.4 Å². The molecule has 2 aromatic rings. The highest BCUT2D eigenvalue weighted by atomic mass is 35.5. The third kappa shape index (κ3) is 2.32. The number of halogens is 1. The first-order valence-electron chi connectivity index (χ1n) is 8.27. The second kappa shape index (κ2) is 5.31. The molecule has 22 heavy (non-hydrogen) atoms. The van der Waals surface area contributed by atoms with Crippen molar-refractivity contribution in [1.29, 1.82) is 0 Å². The summed E-state index contributed by atoms with van der Waals surface area (Å²) >= 11 is 6.14. The molecule has 0 spiro atoms. The van der Waals surface area contributed by atoms with E-state index in [2.05, 4.69) is 10.3 Å². The molecule has 2 fully saturated rings. The number of fused-ring (bicyclic) bond motifs is 1. The Morgan fingerprint density at radius 2 is 2.00 bits per heavy atom. The lowest BCUT2D eigenvalue weighted by Crippen LogP contribution is -2.42. The van der Waals surface area contributed by atoms with Crippen molar-refractivity contribution in [3.63, 3.8) is 0 Å². The number of rotatable bonds is 3. The SMILES string of the molecule is O=C(NC1CCCCC1)C1(c2c[nH]c3ccc(Cl)cc23)CC1. The number of H-pyrrole nitrogens is 1. The first-order valence-corrected chi connectivity index (χ1v) is 8.65. The number of carbonyl (C=O) groups is 1. The normalized spacial score (nSPS) is 21.0. The molecule has 0 saturated heterocycles. The van der Waals surface area contributed by atoms with Crippen LogP contribution in [0.15, 0.2) is 24.4 Å². The number of hydrogen-bond donors (Lipinski definition) is 2. The Bertz CT molecular complexity index is 711. The van der Waals surface area contributed by atoms with Gasteiger partial charge in [-0.25, -0.2) is 0 Å². The predicted molar refractivity (Wildman–Crippen MR) is 89.2 cm³/mol. The molecule has 0 aliphatic heterocycles. The molecule has 2 N–H and O–H groups in total. The van der Waals surface area contributed by atoms with E-state index in [-0.39, 0.29) is 11.3 Å². The molecule has 0 atom stereocenters. The Kier molecular flexibility index (Phi) is 3.41. The molecule has 2 aliphatic carbocycles. The van der Waals surface area contributed by atoms with Crippen LogP contribution < -0.4 is 5.32 Å². The average Bonchev–Trinajstić information content (AvgIpc) is 3.23. The lowest BCUT2D eigenvalue weighted by Gasteiger charge is -2.25. The van der Waals surface area contributed by atoms with Crippen LogP contribution in [0.4, 0.5) is 0 Å². The Morgan fingerprint density at radius 1 is 1.23 bits per heavy atom. The van der Waals surface area contributed by atoms with Crippen molar-refractivity contribution in [1.82, 2.24) is 10.3 Å². The summed E-state index contributed by atoms with van der Waals surface area (Å²) in [6.45, 7) is 0. The molecule has 3 nitrogen and oxygen atoms in total. The summed E-state index contributed by atoms with van der Waals surface area (Å²) in [5.74, 6) is 0.209. The number of carbonyl (C=O) groups excluding carboxylic acids is 1. The molecular weight excluding hydrogens is 296 g/mol. The summed E-state index contributed by atoms with van der Waals surface area (Å²) in [5.41, 5.74) is 1.83. The fraction of sp³-hybridized carbons (Fsp3) is 0.500. The predicted octanol–water partition coefficient (Wildman–Crippen LogP) is 4.30. The second-order valence-corrected chi connectivity index (χ2v) is 7.22. The zero-order valence-corrected chi connectivity index (χ0v) is 13.4. The van der Waals surface area contributed by atoms with Crippen LogP contribution >= 0.6 is 11.6 Å². The van der Waals surface area contributed by atoms with Gasteiger partial charge in [0.05, 0.1) is 5.41 Å². The third-order valence-corrected chi connectivity index (χ3v) is 5.52. The first-order chi connectivity index (χ1) is 10.7. The highest BCUT2D eigenvalue weighted by molar-refractivity contribution is 6.31. The first kappa shape index (κ1) is 14.1. The Morgan fingerprint density at radius 3 is 2.73 bits per heavy atom. The molecule has 116 valence electrons. The fourth-order valence-corrected chi connectivity index (χ4v) is 3.98. The van der Waals surface area contributed by atoms with Crippen molar-refractivity contribution in [2.75, 3.05) is 0 Å². The maximum atomic E-state index is 12.9. The number of benzene rings is 1. The number of amides is 1. The summed E-state index contributed by atoms with van der Waals surface area (Å²) in [4.78, 5) is 16.1. The van der Waals surface area contributed by atoms with Crippen molar-refractivity contribution in [3.8, 4) is 0 Å². The molecule has 0 radical (unpaired) electrons. The standard InChI is InChI=1S/C18H21ClN2O/c19-12-6-7-16-14(10-12)15(11-20-16)18(8-9-18)17(22)21-13-4-2-1-3-5-13/h6-7,10-11,13,20H,1-5,8-9H2,(H,21,22). The Labute approximate surface area is 135 Å². The quantitative estimate of drug-likeness (QED) is 0.871. The smallest absolute Gasteiger partial charge is 0.230 e. The van der Waals surface area contributed by atoms with Gasteiger partial charge >= 0.3 is 0 Å². The van der Waals surface area contributed by atoms with E-state index in [9.17, 15) is 4.79 Å². The zero-order valence-electron chi connectivity index (χ0n) is 12.6. The van der Waals surface area contributed by atoms with Gasteiger partial charge in [-0.15, -0.1) is 0 Å². The molecule has 0 bridgehead atoms. The van der Waals surface area contributed by atoms with E-state index in [0.717, 1.165) is 47.2 Å². The molecular formula is C18H21ClN2O.